The van der Waals surface area contributed by atoms with Gasteiger partial charge in [-0.15, -0.1) is 0 Å². The molecule has 0 radical (unpaired) electrons. The fourth-order valence-corrected chi connectivity index (χ4v) is 3.24. The zero-order valence-electron chi connectivity index (χ0n) is 13.6. The van der Waals surface area contributed by atoms with Crippen LogP contribution in [0, 0.1) is 0 Å². The third-order valence-corrected chi connectivity index (χ3v) is 4.15. The van der Waals surface area contributed by atoms with Crippen LogP contribution in [0.5, 0.6) is 0 Å². The highest BCUT2D eigenvalue weighted by Gasteiger charge is 2.25. The second-order valence-corrected chi connectivity index (χ2v) is 6.43. The maximum absolute atomic E-state index is 12.5. The van der Waals surface area contributed by atoms with Crippen molar-refractivity contribution in [3.8, 4) is 0 Å². The van der Waals surface area contributed by atoms with E-state index in [2.05, 4.69) is 38.7 Å². The molecule has 1 heterocycles. The number of carbonyl (C=O) groups is 1. The minimum atomic E-state index is 0.206. The van der Waals surface area contributed by atoms with Gasteiger partial charge in [0, 0.05) is 30.9 Å². The van der Waals surface area contributed by atoms with Crippen LogP contribution < -0.4 is 5.73 Å². The molecule has 2 rings (SSSR count). The number of hydrogen-bond donors (Lipinski definition) is 1. The van der Waals surface area contributed by atoms with E-state index in [4.69, 9.17) is 5.73 Å². The maximum atomic E-state index is 12.5. The quantitative estimate of drug-likeness (QED) is 0.865. The summed E-state index contributed by atoms with van der Waals surface area (Å²) in [6.07, 6.45) is 0.969. The van der Waals surface area contributed by atoms with E-state index in [9.17, 15) is 4.79 Å². The lowest BCUT2D eigenvalue weighted by molar-refractivity contribution is -0.136. The number of nitrogen functional groups attached to an aromatic ring is 1. The summed E-state index contributed by atoms with van der Waals surface area (Å²) in [4.78, 5) is 16.7. The molecule has 2 N–H and O–H groups in total. The lowest BCUT2D eigenvalue weighted by atomic mass is 9.98. The second kappa shape index (κ2) is 6.48. The van der Waals surface area contributed by atoms with Crippen molar-refractivity contribution in [3.63, 3.8) is 0 Å². The first kappa shape index (κ1) is 15.8. The van der Waals surface area contributed by atoms with Crippen LogP contribution in [-0.4, -0.2) is 40.9 Å². The topological polar surface area (TPSA) is 49.6 Å². The van der Waals surface area contributed by atoms with Crippen molar-refractivity contribution in [1.29, 1.82) is 0 Å². The standard InChI is InChI=1S/C17H27N3O/c1-12(2)20(13(3)4)17(21)11-19-9-8-14-6-5-7-16(18)15(14)10-19/h5-7,12-13H,8-11,18H2,1-4H3. The Hall–Kier alpha value is -1.55. The summed E-state index contributed by atoms with van der Waals surface area (Å²) in [6, 6.07) is 6.56. The Morgan fingerprint density at radius 2 is 1.95 bits per heavy atom. The summed E-state index contributed by atoms with van der Waals surface area (Å²) in [7, 11) is 0. The average molecular weight is 289 g/mol. The molecular formula is C17H27N3O. The van der Waals surface area contributed by atoms with Crippen LogP contribution in [0.25, 0.3) is 0 Å². The zero-order chi connectivity index (χ0) is 15.6. The van der Waals surface area contributed by atoms with Crippen molar-refractivity contribution in [2.24, 2.45) is 0 Å². The fraction of sp³-hybridized carbons (Fsp3) is 0.588. The molecule has 0 fully saturated rings. The predicted molar refractivity (Wildman–Crippen MR) is 87.0 cm³/mol. The summed E-state index contributed by atoms with van der Waals surface area (Å²) in [6.45, 7) is 10.5. The van der Waals surface area contributed by atoms with Gasteiger partial charge in [0.2, 0.25) is 5.91 Å². The van der Waals surface area contributed by atoms with E-state index in [1.807, 2.05) is 17.0 Å². The molecule has 1 aromatic rings. The van der Waals surface area contributed by atoms with Crippen molar-refractivity contribution < 1.29 is 4.79 Å². The Balaban J connectivity index is 2.05. The Morgan fingerprint density at radius 3 is 2.57 bits per heavy atom. The van der Waals surface area contributed by atoms with Crippen LogP contribution in [0.3, 0.4) is 0 Å². The van der Waals surface area contributed by atoms with E-state index in [0.29, 0.717) is 6.54 Å². The molecular weight excluding hydrogens is 262 g/mol. The van der Waals surface area contributed by atoms with Gasteiger partial charge in [-0.25, -0.2) is 0 Å². The van der Waals surface area contributed by atoms with Crippen molar-refractivity contribution in [1.82, 2.24) is 9.80 Å². The van der Waals surface area contributed by atoms with Crippen molar-refractivity contribution in [2.45, 2.75) is 52.7 Å². The molecule has 116 valence electrons. The van der Waals surface area contributed by atoms with E-state index in [-0.39, 0.29) is 18.0 Å². The molecule has 21 heavy (non-hydrogen) atoms. The number of fused-ring (bicyclic) bond motifs is 1. The molecule has 0 aromatic heterocycles. The largest absolute Gasteiger partial charge is 0.398 e. The first-order valence-electron chi connectivity index (χ1n) is 7.80. The summed E-state index contributed by atoms with van der Waals surface area (Å²) >= 11 is 0. The lowest BCUT2D eigenvalue weighted by Gasteiger charge is -2.35. The minimum absolute atomic E-state index is 0.206. The molecule has 0 unspecified atom stereocenters. The molecule has 0 aliphatic carbocycles. The summed E-state index contributed by atoms with van der Waals surface area (Å²) < 4.78 is 0. The Morgan fingerprint density at radius 1 is 1.29 bits per heavy atom. The third kappa shape index (κ3) is 3.56. The second-order valence-electron chi connectivity index (χ2n) is 6.43. The Bertz CT molecular complexity index is 503. The molecule has 1 aliphatic heterocycles. The average Bonchev–Trinajstić information content (AvgIpc) is 2.38. The van der Waals surface area contributed by atoms with Gasteiger partial charge in [-0.3, -0.25) is 9.69 Å². The molecule has 0 saturated carbocycles. The number of rotatable bonds is 4. The highest BCUT2D eigenvalue weighted by atomic mass is 16.2. The Kier molecular flexibility index (Phi) is 4.88. The third-order valence-electron chi connectivity index (χ3n) is 4.15. The molecule has 1 aliphatic rings. The number of hydrogen-bond acceptors (Lipinski definition) is 3. The number of benzene rings is 1. The Labute approximate surface area is 127 Å². The molecule has 4 nitrogen and oxygen atoms in total. The molecule has 1 aromatic carbocycles. The summed E-state index contributed by atoms with van der Waals surface area (Å²) in [5.74, 6) is 0.206. The smallest absolute Gasteiger partial charge is 0.237 e. The number of carbonyl (C=O) groups excluding carboxylic acids is 1. The molecule has 0 saturated heterocycles. The van der Waals surface area contributed by atoms with E-state index in [1.165, 1.54) is 11.1 Å². The summed E-state index contributed by atoms with van der Waals surface area (Å²) in [5, 5.41) is 0. The van der Waals surface area contributed by atoms with Crippen molar-refractivity contribution in [3.05, 3.63) is 29.3 Å². The van der Waals surface area contributed by atoms with E-state index in [0.717, 1.165) is 25.2 Å². The number of amides is 1. The van der Waals surface area contributed by atoms with Gasteiger partial charge in [-0.1, -0.05) is 12.1 Å². The minimum Gasteiger partial charge on any atom is -0.398 e. The highest BCUT2D eigenvalue weighted by molar-refractivity contribution is 5.79. The highest BCUT2D eigenvalue weighted by Crippen LogP contribution is 2.24. The fourth-order valence-electron chi connectivity index (χ4n) is 3.24. The number of nitrogens with zero attached hydrogens (tertiary/aromatic N) is 2. The lowest BCUT2D eigenvalue weighted by Crippen LogP contribution is -2.48. The number of nitrogens with two attached hydrogens (primary N) is 1. The van der Waals surface area contributed by atoms with Crippen LogP contribution in [0.1, 0.15) is 38.8 Å². The van der Waals surface area contributed by atoms with Crippen LogP contribution >= 0.6 is 0 Å². The predicted octanol–water partition coefficient (Wildman–Crippen LogP) is 2.27. The van der Waals surface area contributed by atoms with Crippen LogP contribution in [-0.2, 0) is 17.8 Å². The molecule has 0 bridgehead atoms. The molecule has 4 heteroatoms. The van der Waals surface area contributed by atoms with Gasteiger partial charge in [0.05, 0.1) is 6.54 Å². The SMILES string of the molecule is CC(C)N(C(=O)CN1CCc2cccc(N)c2C1)C(C)C. The van der Waals surface area contributed by atoms with Gasteiger partial charge < -0.3 is 10.6 Å². The summed E-state index contributed by atoms with van der Waals surface area (Å²) in [5.41, 5.74) is 9.42. The van der Waals surface area contributed by atoms with Gasteiger partial charge in [-0.2, -0.15) is 0 Å². The monoisotopic (exact) mass is 289 g/mol. The maximum Gasteiger partial charge on any atom is 0.237 e. The van der Waals surface area contributed by atoms with Gasteiger partial charge >= 0.3 is 0 Å². The van der Waals surface area contributed by atoms with Crippen molar-refractivity contribution in [2.75, 3.05) is 18.8 Å². The van der Waals surface area contributed by atoms with E-state index >= 15 is 0 Å². The zero-order valence-corrected chi connectivity index (χ0v) is 13.6. The number of anilines is 1. The van der Waals surface area contributed by atoms with Gasteiger partial charge in [0.25, 0.3) is 0 Å². The van der Waals surface area contributed by atoms with Gasteiger partial charge in [-0.05, 0) is 51.3 Å². The van der Waals surface area contributed by atoms with Gasteiger partial charge in [0.1, 0.15) is 0 Å². The first-order valence-corrected chi connectivity index (χ1v) is 7.80. The van der Waals surface area contributed by atoms with Crippen molar-refractivity contribution >= 4 is 11.6 Å². The van der Waals surface area contributed by atoms with E-state index in [1.54, 1.807) is 0 Å². The first-order chi connectivity index (χ1) is 9.90. The molecule has 0 atom stereocenters. The molecule has 0 spiro atoms. The van der Waals surface area contributed by atoms with E-state index < -0.39 is 0 Å². The van der Waals surface area contributed by atoms with Gasteiger partial charge in [0.15, 0.2) is 0 Å². The molecule has 1 amide bonds. The van der Waals surface area contributed by atoms with Crippen LogP contribution in [0.2, 0.25) is 0 Å². The van der Waals surface area contributed by atoms with Crippen LogP contribution in [0.4, 0.5) is 5.69 Å². The van der Waals surface area contributed by atoms with Crippen LogP contribution in [0.15, 0.2) is 18.2 Å². The normalized spacial score (nSPS) is 15.3.